The van der Waals surface area contributed by atoms with Gasteiger partial charge in [-0.25, -0.2) is 4.39 Å². The average Bonchev–Trinajstić information content (AvgIpc) is 2.79. The lowest BCUT2D eigenvalue weighted by Crippen LogP contribution is -2.03. The third-order valence-corrected chi connectivity index (χ3v) is 3.81. The molecule has 2 nitrogen and oxygen atoms in total. The van der Waals surface area contributed by atoms with Crippen LogP contribution in [-0.4, -0.2) is 10.4 Å². The molecule has 0 unspecified atom stereocenters. The minimum Gasteiger partial charge on any atom is -0.350 e. The second-order valence-corrected chi connectivity index (χ2v) is 5.54. The fourth-order valence-corrected chi connectivity index (χ4v) is 2.70. The smallest absolute Gasteiger partial charge is 0.198 e. The third-order valence-electron chi connectivity index (χ3n) is 3.31. The molecule has 1 heterocycles. The van der Waals surface area contributed by atoms with E-state index in [2.05, 4.69) is 15.9 Å². The first kappa shape index (κ1) is 13.1. The Labute approximate surface area is 124 Å². The monoisotopic (exact) mass is 331 g/mol. The Bertz CT molecular complexity index is 822. The summed E-state index contributed by atoms with van der Waals surface area (Å²) >= 11 is 3.27. The highest BCUT2D eigenvalue weighted by molar-refractivity contribution is 9.10. The summed E-state index contributed by atoms with van der Waals surface area (Å²) in [5.74, 6) is -0.813. The van der Waals surface area contributed by atoms with Crippen LogP contribution in [0.3, 0.4) is 0 Å². The Morgan fingerprint density at radius 1 is 1.15 bits per heavy atom. The highest BCUT2D eigenvalue weighted by atomic mass is 79.9. The standard InChI is InChI=1S/C16H11BrFNO/c1-19-9-13(11-4-2-3-5-15(11)19)16(20)12-8-10(17)6-7-14(12)18/h2-9H,1H3. The summed E-state index contributed by atoms with van der Waals surface area (Å²) < 4.78 is 16.4. The van der Waals surface area contributed by atoms with E-state index in [1.54, 1.807) is 12.3 Å². The normalized spacial score (nSPS) is 10.9. The van der Waals surface area contributed by atoms with Crippen LogP contribution in [0, 0.1) is 5.82 Å². The van der Waals surface area contributed by atoms with Gasteiger partial charge in [0.1, 0.15) is 5.82 Å². The summed E-state index contributed by atoms with van der Waals surface area (Å²) in [6, 6.07) is 12.0. The number of fused-ring (bicyclic) bond motifs is 1. The lowest BCUT2D eigenvalue weighted by atomic mass is 10.0. The summed E-state index contributed by atoms with van der Waals surface area (Å²) in [6.07, 6.45) is 1.74. The van der Waals surface area contributed by atoms with Crippen molar-refractivity contribution in [2.24, 2.45) is 7.05 Å². The number of benzene rings is 2. The molecule has 0 amide bonds. The number of aryl methyl sites for hydroxylation is 1. The largest absolute Gasteiger partial charge is 0.350 e. The summed E-state index contributed by atoms with van der Waals surface area (Å²) in [5.41, 5.74) is 1.54. The fraction of sp³-hybridized carbons (Fsp3) is 0.0625. The second kappa shape index (κ2) is 4.87. The molecule has 2 aromatic carbocycles. The van der Waals surface area contributed by atoms with Crippen molar-refractivity contribution < 1.29 is 9.18 Å². The number of ketones is 1. The van der Waals surface area contributed by atoms with Crippen molar-refractivity contribution in [2.75, 3.05) is 0 Å². The van der Waals surface area contributed by atoms with Gasteiger partial charge in [0.2, 0.25) is 0 Å². The molecule has 0 saturated heterocycles. The van der Waals surface area contributed by atoms with Gasteiger partial charge in [-0.15, -0.1) is 0 Å². The van der Waals surface area contributed by atoms with Gasteiger partial charge in [0, 0.05) is 34.2 Å². The molecule has 0 aliphatic heterocycles. The molecular formula is C16H11BrFNO. The van der Waals surface area contributed by atoms with Crippen molar-refractivity contribution in [2.45, 2.75) is 0 Å². The predicted molar refractivity (Wildman–Crippen MR) is 80.5 cm³/mol. The van der Waals surface area contributed by atoms with Gasteiger partial charge in [-0.3, -0.25) is 4.79 Å². The van der Waals surface area contributed by atoms with E-state index in [-0.39, 0.29) is 11.3 Å². The molecule has 0 spiro atoms. The van der Waals surface area contributed by atoms with Gasteiger partial charge in [0.25, 0.3) is 0 Å². The fourth-order valence-electron chi connectivity index (χ4n) is 2.34. The molecule has 0 aliphatic carbocycles. The van der Waals surface area contributed by atoms with Crippen LogP contribution < -0.4 is 0 Å². The Morgan fingerprint density at radius 3 is 2.70 bits per heavy atom. The van der Waals surface area contributed by atoms with Gasteiger partial charge in [-0.05, 0) is 24.3 Å². The lowest BCUT2D eigenvalue weighted by Gasteiger charge is -2.02. The quantitative estimate of drug-likeness (QED) is 0.641. The number of nitrogens with zero attached hydrogens (tertiary/aromatic N) is 1. The molecule has 0 aliphatic rings. The minimum absolute atomic E-state index is 0.0794. The molecule has 100 valence electrons. The van der Waals surface area contributed by atoms with Crippen LogP contribution in [0.4, 0.5) is 4.39 Å². The highest BCUT2D eigenvalue weighted by Crippen LogP contribution is 2.25. The molecule has 3 aromatic rings. The zero-order chi connectivity index (χ0) is 14.3. The number of rotatable bonds is 2. The van der Waals surface area contributed by atoms with Crippen molar-refractivity contribution in [3.63, 3.8) is 0 Å². The van der Waals surface area contributed by atoms with Crippen molar-refractivity contribution in [1.29, 1.82) is 0 Å². The van der Waals surface area contributed by atoms with Crippen LogP contribution in [0.15, 0.2) is 53.1 Å². The van der Waals surface area contributed by atoms with Crippen LogP contribution in [0.25, 0.3) is 10.9 Å². The summed E-state index contributed by atoms with van der Waals surface area (Å²) in [5, 5.41) is 0.833. The Kier molecular flexibility index (Phi) is 3.18. The predicted octanol–water partition coefficient (Wildman–Crippen LogP) is 4.31. The molecule has 0 bridgehead atoms. The third kappa shape index (κ3) is 2.06. The van der Waals surface area contributed by atoms with Crippen LogP contribution >= 0.6 is 15.9 Å². The van der Waals surface area contributed by atoms with E-state index in [1.807, 2.05) is 35.9 Å². The van der Waals surface area contributed by atoms with Gasteiger partial charge < -0.3 is 4.57 Å². The number of hydrogen-bond acceptors (Lipinski definition) is 1. The van der Waals surface area contributed by atoms with E-state index < -0.39 is 5.82 Å². The van der Waals surface area contributed by atoms with Crippen LogP contribution in [-0.2, 0) is 7.05 Å². The Balaban J connectivity index is 2.20. The zero-order valence-corrected chi connectivity index (χ0v) is 12.3. The summed E-state index contributed by atoms with van der Waals surface area (Å²) in [6.45, 7) is 0. The molecule has 0 N–H and O–H groups in total. The van der Waals surface area contributed by atoms with Gasteiger partial charge in [0.05, 0.1) is 5.56 Å². The minimum atomic E-state index is -0.508. The van der Waals surface area contributed by atoms with Crippen LogP contribution in [0.1, 0.15) is 15.9 Å². The summed E-state index contributed by atoms with van der Waals surface area (Å²) in [7, 11) is 1.87. The average molecular weight is 332 g/mol. The van der Waals surface area contributed by atoms with Crippen molar-refractivity contribution in [3.05, 3.63) is 70.1 Å². The maximum absolute atomic E-state index is 13.9. The highest BCUT2D eigenvalue weighted by Gasteiger charge is 2.18. The number of aromatic nitrogens is 1. The SMILES string of the molecule is Cn1cc(C(=O)c2cc(Br)ccc2F)c2ccccc21. The van der Waals surface area contributed by atoms with Crippen LogP contribution in [0.2, 0.25) is 0 Å². The first-order valence-electron chi connectivity index (χ1n) is 6.12. The topological polar surface area (TPSA) is 22.0 Å². The molecule has 0 atom stereocenters. The molecule has 3 rings (SSSR count). The van der Waals surface area contributed by atoms with Crippen molar-refractivity contribution in [3.8, 4) is 0 Å². The van der Waals surface area contributed by atoms with Gasteiger partial charge in [0.15, 0.2) is 5.78 Å². The molecular weight excluding hydrogens is 321 g/mol. The van der Waals surface area contributed by atoms with E-state index in [0.29, 0.717) is 10.0 Å². The van der Waals surface area contributed by atoms with Crippen molar-refractivity contribution in [1.82, 2.24) is 4.57 Å². The lowest BCUT2D eigenvalue weighted by molar-refractivity contribution is 0.103. The van der Waals surface area contributed by atoms with E-state index in [0.717, 1.165) is 10.9 Å². The Hall–Kier alpha value is -1.94. The number of carbonyl (C=O) groups is 1. The number of para-hydroxylation sites is 1. The maximum atomic E-state index is 13.9. The van der Waals surface area contributed by atoms with Gasteiger partial charge in [-0.1, -0.05) is 34.1 Å². The first-order valence-corrected chi connectivity index (χ1v) is 6.91. The first-order chi connectivity index (χ1) is 9.58. The number of carbonyl (C=O) groups excluding carboxylic acids is 1. The van der Waals surface area contributed by atoms with Gasteiger partial charge in [-0.2, -0.15) is 0 Å². The molecule has 20 heavy (non-hydrogen) atoms. The Morgan fingerprint density at radius 2 is 1.90 bits per heavy atom. The molecule has 0 radical (unpaired) electrons. The summed E-state index contributed by atoms with van der Waals surface area (Å²) in [4.78, 5) is 12.6. The van der Waals surface area contributed by atoms with E-state index in [1.165, 1.54) is 12.1 Å². The maximum Gasteiger partial charge on any atom is 0.198 e. The molecule has 4 heteroatoms. The van der Waals surface area contributed by atoms with E-state index in [4.69, 9.17) is 0 Å². The van der Waals surface area contributed by atoms with E-state index >= 15 is 0 Å². The molecule has 0 saturated carbocycles. The molecule has 0 fully saturated rings. The number of halogens is 2. The van der Waals surface area contributed by atoms with Crippen molar-refractivity contribution >= 4 is 32.6 Å². The second-order valence-electron chi connectivity index (χ2n) is 4.62. The molecule has 1 aromatic heterocycles. The van der Waals surface area contributed by atoms with Crippen LogP contribution in [0.5, 0.6) is 0 Å². The van der Waals surface area contributed by atoms with E-state index in [9.17, 15) is 9.18 Å². The zero-order valence-electron chi connectivity index (χ0n) is 10.7. The van der Waals surface area contributed by atoms with Gasteiger partial charge >= 0.3 is 0 Å². The number of hydrogen-bond donors (Lipinski definition) is 0.